The van der Waals surface area contributed by atoms with Gasteiger partial charge < -0.3 is 20.1 Å². The van der Waals surface area contributed by atoms with Crippen LogP contribution in [0.1, 0.15) is 46.9 Å². The smallest absolute Gasteiger partial charge is 0.325 e. The maximum atomic E-state index is 12.3. The molecule has 7 nitrogen and oxygen atoms in total. The number of carbonyl (C=O) groups excluding carboxylic acids is 3. The average Bonchev–Trinajstić information content (AvgIpc) is 2.73. The lowest BCUT2D eigenvalue weighted by molar-refractivity contribution is -0.147. The summed E-state index contributed by atoms with van der Waals surface area (Å²) in [5.41, 5.74) is 3.61. The summed E-state index contributed by atoms with van der Waals surface area (Å²) in [5, 5.41) is 5.26. The molecule has 2 amide bonds. The Morgan fingerprint density at radius 2 is 1.77 bits per heavy atom. The van der Waals surface area contributed by atoms with Crippen molar-refractivity contribution in [3.05, 3.63) is 64.7 Å². The van der Waals surface area contributed by atoms with Gasteiger partial charge in [-0.2, -0.15) is 0 Å². The predicted molar refractivity (Wildman–Crippen MR) is 113 cm³/mol. The summed E-state index contributed by atoms with van der Waals surface area (Å²) in [7, 11) is 0. The van der Waals surface area contributed by atoms with E-state index in [1.54, 1.807) is 24.3 Å². The maximum Gasteiger partial charge on any atom is 0.325 e. The summed E-state index contributed by atoms with van der Waals surface area (Å²) in [6.07, 6.45) is 0. The zero-order valence-electron chi connectivity index (χ0n) is 17.8. The lowest BCUT2D eigenvalue weighted by atomic mass is 10.0. The van der Waals surface area contributed by atoms with Gasteiger partial charge in [-0.05, 0) is 56.5 Å². The molecular weight excluding hydrogens is 384 g/mol. The topological polar surface area (TPSA) is 93.7 Å². The Morgan fingerprint density at radius 1 is 1.03 bits per heavy atom. The number of esters is 1. The van der Waals surface area contributed by atoms with Crippen molar-refractivity contribution < 1.29 is 23.9 Å². The van der Waals surface area contributed by atoms with E-state index < -0.39 is 24.4 Å². The number of aryl methyl sites for hydroxylation is 2. The molecule has 0 saturated carbocycles. The lowest BCUT2D eigenvalue weighted by Gasteiger charge is -2.16. The highest BCUT2D eigenvalue weighted by Gasteiger charge is 2.15. The maximum absolute atomic E-state index is 12.3. The first-order valence-corrected chi connectivity index (χ1v) is 9.84. The Balaban J connectivity index is 1.78. The van der Waals surface area contributed by atoms with Gasteiger partial charge in [0.2, 0.25) is 0 Å². The Kier molecular flexibility index (Phi) is 8.41. The quantitative estimate of drug-likeness (QED) is 0.618. The van der Waals surface area contributed by atoms with E-state index in [0.29, 0.717) is 17.9 Å². The Morgan fingerprint density at radius 3 is 2.47 bits per heavy atom. The molecule has 0 aliphatic rings. The number of ether oxygens (including phenoxy) is 2. The van der Waals surface area contributed by atoms with Gasteiger partial charge in [0.05, 0.1) is 18.2 Å². The number of para-hydroxylation sites is 1. The molecule has 0 saturated heterocycles. The number of hydrogen-bond acceptors (Lipinski definition) is 5. The standard InChI is InChI=1S/C23H28N2O5/c1-5-29-20-9-7-6-8-19(20)23(28)24-13-22(27)30-14-21(26)25-17(4)18-11-10-15(2)16(3)12-18/h6-12,17H,5,13-14H2,1-4H3,(H,24,28)(H,25,26). The highest BCUT2D eigenvalue weighted by atomic mass is 16.5. The van der Waals surface area contributed by atoms with Crippen LogP contribution >= 0.6 is 0 Å². The number of hydrogen-bond donors (Lipinski definition) is 2. The van der Waals surface area contributed by atoms with Crippen molar-refractivity contribution in [2.75, 3.05) is 19.8 Å². The Labute approximate surface area is 176 Å². The van der Waals surface area contributed by atoms with Gasteiger partial charge in [-0.15, -0.1) is 0 Å². The molecule has 1 atom stereocenters. The van der Waals surface area contributed by atoms with E-state index in [-0.39, 0.29) is 12.6 Å². The fourth-order valence-corrected chi connectivity index (χ4v) is 2.78. The highest BCUT2D eigenvalue weighted by molar-refractivity contribution is 5.98. The van der Waals surface area contributed by atoms with Crippen LogP contribution < -0.4 is 15.4 Å². The van der Waals surface area contributed by atoms with Crippen molar-refractivity contribution >= 4 is 17.8 Å². The van der Waals surface area contributed by atoms with Gasteiger partial charge in [-0.25, -0.2) is 0 Å². The van der Waals surface area contributed by atoms with Crippen LogP contribution in [0.5, 0.6) is 5.75 Å². The zero-order chi connectivity index (χ0) is 22.1. The summed E-state index contributed by atoms with van der Waals surface area (Å²) in [6, 6.07) is 12.5. The van der Waals surface area contributed by atoms with E-state index in [2.05, 4.69) is 10.6 Å². The van der Waals surface area contributed by atoms with Gasteiger partial charge >= 0.3 is 5.97 Å². The van der Waals surface area contributed by atoms with Crippen LogP contribution in [0.4, 0.5) is 0 Å². The first-order chi connectivity index (χ1) is 14.3. The molecule has 7 heteroatoms. The molecule has 2 N–H and O–H groups in total. The molecule has 0 radical (unpaired) electrons. The van der Waals surface area contributed by atoms with Crippen LogP contribution in [0.3, 0.4) is 0 Å². The number of rotatable bonds is 9. The molecule has 0 aliphatic carbocycles. The number of carbonyl (C=O) groups is 3. The highest BCUT2D eigenvalue weighted by Crippen LogP contribution is 2.18. The lowest BCUT2D eigenvalue weighted by Crippen LogP contribution is -2.35. The van der Waals surface area contributed by atoms with Gasteiger partial charge in [-0.1, -0.05) is 30.3 Å². The van der Waals surface area contributed by atoms with E-state index in [1.807, 2.05) is 45.9 Å². The van der Waals surface area contributed by atoms with Gasteiger partial charge in [-0.3, -0.25) is 14.4 Å². The first kappa shape index (κ1) is 22.9. The molecule has 1 unspecified atom stereocenters. The predicted octanol–water partition coefficient (Wildman–Crippen LogP) is 2.85. The second-order valence-corrected chi connectivity index (χ2v) is 6.91. The van der Waals surface area contributed by atoms with Gasteiger partial charge in [0.25, 0.3) is 11.8 Å². The fourth-order valence-electron chi connectivity index (χ4n) is 2.78. The normalized spacial score (nSPS) is 11.3. The fraction of sp³-hybridized carbons (Fsp3) is 0.348. The van der Waals surface area contributed by atoms with Gasteiger partial charge in [0, 0.05) is 0 Å². The molecular formula is C23H28N2O5. The third-order valence-electron chi connectivity index (χ3n) is 4.60. The summed E-state index contributed by atoms with van der Waals surface area (Å²) >= 11 is 0. The third-order valence-corrected chi connectivity index (χ3v) is 4.60. The summed E-state index contributed by atoms with van der Waals surface area (Å²) in [6.45, 7) is 7.37. The van der Waals surface area contributed by atoms with Crippen LogP contribution in [0.15, 0.2) is 42.5 Å². The van der Waals surface area contributed by atoms with Crippen molar-refractivity contribution in [2.45, 2.75) is 33.7 Å². The minimum atomic E-state index is -0.703. The van der Waals surface area contributed by atoms with Crippen LogP contribution in [0, 0.1) is 13.8 Å². The molecule has 0 bridgehead atoms. The van der Waals surface area contributed by atoms with Crippen LogP contribution in [-0.2, 0) is 14.3 Å². The molecule has 0 spiro atoms. The first-order valence-electron chi connectivity index (χ1n) is 9.84. The largest absolute Gasteiger partial charge is 0.493 e. The number of nitrogens with one attached hydrogen (secondary N) is 2. The minimum absolute atomic E-state index is 0.217. The summed E-state index contributed by atoms with van der Waals surface area (Å²) < 4.78 is 10.4. The van der Waals surface area contributed by atoms with Crippen molar-refractivity contribution in [1.29, 1.82) is 0 Å². The van der Waals surface area contributed by atoms with E-state index in [4.69, 9.17) is 9.47 Å². The van der Waals surface area contributed by atoms with E-state index in [0.717, 1.165) is 11.1 Å². The van der Waals surface area contributed by atoms with Crippen molar-refractivity contribution in [1.82, 2.24) is 10.6 Å². The van der Waals surface area contributed by atoms with Crippen molar-refractivity contribution in [3.8, 4) is 5.75 Å². The average molecular weight is 412 g/mol. The molecule has 0 aliphatic heterocycles. The van der Waals surface area contributed by atoms with Crippen LogP contribution in [0.2, 0.25) is 0 Å². The van der Waals surface area contributed by atoms with Crippen molar-refractivity contribution in [3.63, 3.8) is 0 Å². The van der Waals surface area contributed by atoms with Gasteiger partial charge in [0.1, 0.15) is 12.3 Å². The number of amides is 2. The molecule has 2 rings (SSSR count). The second-order valence-electron chi connectivity index (χ2n) is 6.91. The molecule has 0 fully saturated rings. The monoisotopic (exact) mass is 412 g/mol. The number of benzene rings is 2. The molecule has 30 heavy (non-hydrogen) atoms. The van der Waals surface area contributed by atoms with Crippen LogP contribution in [0.25, 0.3) is 0 Å². The van der Waals surface area contributed by atoms with Crippen LogP contribution in [-0.4, -0.2) is 37.5 Å². The molecule has 2 aromatic carbocycles. The third kappa shape index (κ3) is 6.62. The second kappa shape index (κ2) is 11.0. The van der Waals surface area contributed by atoms with Crippen molar-refractivity contribution in [2.24, 2.45) is 0 Å². The summed E-state index contributed by atoms with van der Waals surface area (Å²) in [5.74, 6) is -1.14. The van der Waals surface area contributed by atoms with Gasteiger partial charge in [0.15, 0.2) is 6.61 Å². The minimum Gasteiger partial charge on any atom is -0.493 e. The SMILES string of the molecule is CCOc1ccccc1C(=O)NCC(=O)OCC(=O)NC(C)c1ccc(C)c(C)c1. The Bertz CT molecular complexity index is 910. The molecule has 0 aromatic heterocycles. The zero-order valence-corrected chi connectivity index (χ0v) is 17.8. The molecule has 2 aromatic rings. The molecule has 160 valence electrons. The van der Waals surface area contributed by atoms with E-state index >= 15 is 0 Å². The van der Waals surface area contributed by atoms with E-state index in [1.165, 1.54) is 5.56 Å². The molecule has 0 heterocycles. The summed E-state index contributed by atoms with van der Waals surface area (Å²) in [4.78, 5) is 36.2. The Hall–Kier alpha value is -3.35. The van der Waals surface area contributed by atoms with E-state index in [9.17, 15) is 14.4 Å².